The van der Waals surface area contributed by atoms with Crippen LogP contribution in [-0.2, 0) is 20.8 Å². The number of allylic oxidation sites excluding steroid dienone is 1. The van der Waals surface area contributed by atoms with E-state index in [4.69, 9.17) is 19.0 Å². The molecule has 2 atom stereocenters. The van der Waals surface area contributed by atoms with Crippen LogP contribution in [0, 0.1) is 0 Å². The molecule has 0 fully saturated rings. The van der Waals surface area contributed by atoms with Crippen LogP contribution >= 0.6 is 0 Å². The van der Waals surface area contributed by atoms with E-state index in [0.29, 0.717) is 26.0 Å². The van der Waals surface area contributed by atoms with E-state index in [0.717, 1.165) is 28.5 Å². The van der Waals surface area contributed by atoms with Gasteiger partial charge in [0.15, 0.2) is 5.76 Å². The molecule has 1 aromatic heterocycles. The zero-order valence-electron chi connectivity index (χ0n) is 17.3. The molecule has 1 amide bonds. The quantitative estimate of drug-likeness (QED) is 0.505. The van der Waals surface area contributed by atoms with Gasteiger partial charge >= 0.3 is 0 Å². The second kappa shape index (κ2) is 10.3. The Morgan fingerprint density at radius 2 is 1.90 bits per heavy atom. The molecule has 4 rings (SSSR count). The zero-order chi connectivity index (χ0) is 21.5. The summed E-state index contributed by atoms with van der Waals surface area (Å²) in [6.45, 7) is 1.01. The first-order chi connectivity index (χ1) is 15.2. The van der Waals surface area contributed by atoms with Crippen LogP contribution in [-0.4, -0.2) is 30.5 Å². The topological polar surface area (TPSA) is 80.9 Å². The maximum absolute atomic E-state index is 12.9. The Morgan fingerprint density at radius 3 is 2.74 bits per heavy atom. The van der Waals surface area contributed by atoms with Crippen LogP contribution in [0.5, 0.6) is 0 Å². The third kappa shape index (κ3) is 5.34. The van der Waals surface area contributed by atoms with Crippen molar-refractivity contribution in [3.05, 3.63) is 83.8 Å². The van der Waals surface area contributed by atoms with E-state index in [9.17, 15) is 4.79 Å². The van der Waals surface area contributed by atoms with E-state index in [2.05, 4.69) is 5.32 Å². The summed E-state index contributed by atoms with van der Waals surface area (Å²) in [5.74, 6) is -0.0901. The van der Waals surface area contributed by atoms with Gasteiger partial charge in [-0.15, -0.1) is 0 Å². The minimum absolute atomic E-state index is 0.0716. The lowest BCUT2D eigenvalue weighted by Gasteiger charge is -2.29. The molecule has 0 saturated heterocycles. The maximum Gasteiger partial charge on any atom is 0.286 e. The van der Waals surface area contributed by atoms with Crippen LogP contribution in [0.15, 0.2) is 77.1 Å². The molecule has 6 heteroatoms. The average Bonchev–Trinajstić information content (AvgIpc) is 3.25. The van der Waals surface area contributed by atoms with Gasteiger partial charge in [0.05, 0.1) is 12.9 Å². The number of unbranched alkanes of at least 4 members (excludes halogenated alkanes) is 1. The van der Waals surface area contributed by atoms with Crippen LogP contribution < -0.4 is 5.32 Å². The maximum atomic E-state index is 12.9. The van der Waals surface area contributed by atoms with Gasteiger partial charge in [0, 0.05) is 36.4 Å². The second-order valence-electron chi connectivity index (χ2n) is 7.58. The summed E-state index contributed by atoms with van der Waals surface area (Å²) in [4.78, 5) is 12.9. The largest absolute Gasteiger partial charge is 0.464 e. The van der Waals surface area contributed by atoms with Crippen molar-refractivity contribution in [3.8, 4) is 0 Å². The van der Waals surface area contributed by atoms with E-state index >= 15 is 0 Å². The highest BCUT2D eigenvalue weighted by atomic mass is 16.7. The van der Waals surface area contributed by atoms with Crippen molar-refractivity contribution in [1.82, 2.24) is 5.32 Å². The van der Waals surface area contributed by atoms with Crippen LogP contribution in [0.3, 0.4) is 0 Å². The van der Waals surface area contributed by atoms with Crippen LogP contribution in [0.25, 0.3) is 11.0 Å². The minimum atomic E-state index is -0.542. The lowest BCUT2D eigenvalue weighted by atomic mass is 9.92. The molecule has 0 spiro atoms. The number of carbonyl (C=O) groups excluding carboxylic acids is 1. The van der Waals surface area contributed by atoms with Crippen molar-refractivity contribution in [3.63, 3.8) is 0 Å². The molecule has 0 bridgehead atoms. The Hall–Kier alpha value is -3.09. The second-order valence-corrected chi connectivity index (χ2v) is 7.58. The third-order valence-electron chi connectivity index (χ3n) is 5.34. The lowest BCUT2D eigenvalue weighted by Crippen LogP contribution is -2.32. The number of furan rings is 1. The Morgan fingerprint density at radius 1 is 1.10 bits per heavy atom. The highest BCUT2D eigenvalue weighted by molar-refractivity contribution is 5.92. The summed E-state index contributed by atoms with van der Waals surface area (Å²) in [6, 6.07) is 17.6. The predicted molar refractivity (Wildman–Crippen MR) is 117 cm³/mol. The number of amides is 1. The smallest absolute Gasteiger partial charge is 0.286 e. The Labute approximate surface area is 181 Å². The first-order valence-electron chi connectivity index (χ1n) is 10.6. The molecule has 2 aromatic carbocycles. The molecule has 1 aliphatic heterocycles. The molecule has 2 heterocycles. The fraction of sp³-hybridized carbons (Fsp3) is 0.320. The molecular formula is C25H27NO5. The van der Waals surface area contributed by atoms with E-state index in [1.54, 1.807) is 6.26 Å². The first kappa shape index (κ1) is 21.2. The number of hydrogen-bond donors (Lipinski definition) is 2. The number of benzene rings is 2. The molecule has 6 nitrogen and oxygen atoms in total. The van der Waals surface area contributed by atoms with Gasteiger partial charge in [-0.25, -0.2) is 0 Å². The summed E-state index contributed by atoms with van der Waals surface area (Å²) >= 11 is 0. The Bertz CT molecular complexity index is 1030. The number of rotatable bonds is 9. The molecular weight excluding hydrogens is 394 g/mol. The van der Waals surface area contributed by atoms with E-state index in [1.807, 2.05) is 60.7 Å². The van der Waals surface area contributed by atoms with Crippen molar-refractivity contribution in [1.29, 1.82) is 0 Å². The van der Waals surface area contributed by atoms with Crippen molar-refractivity contribution in [2.45, 2.75) is 38.0 Å². The van der Waals surface area contributed by atoms with Gasteiger partial charge in [0.25, 0.3) is 5.91 Å². The minimum Gasteiger partial charge on any atom is -0.464 e. The third-order valence-corrected chi connectivity index (χ3v) is 5.34. The number of carbonyl (C=O) groups is 1. The Balaban J connectivity index is 1.52. The highest BCUT2D eigenvalue weighted by Gasteiger charge is 2.30. The van der Waals surface area contributed by atoms with Gasteiger partial charge in [0.1, 0.15) is 5.58 Å². The van der Waals surface area contributed by atoms with Crippen molar-refractivity contribution >= 4 is 16.9 Å². The normalized spacial score (nSPS) is 18.4. The van der Waals surface area contributed by atoms with Gasteiger partial charge in [0.2, 0.25) is 6.29 Å². The molecule has 0 aliphatic carbocycles. The molecule has 1 aliphatic rings. The summed E-state index contributed by atoms with van der Waals surface area (Å²) in [6.07, 6.45) is 5.04. The van der Waals surface area contributed by atoms with Gasteiger partial charge < -0.3 is 24.3 Å². The van der Waals surface area contributed by atoms with Crippen molar-refractivity contribution < 1.29 is 23.8 Å². The molecule has 162 valence electrons. The summed E-state index contributed by atoms with van der Waals surface area (Å²) < 4.78 is 17.5. The number of hydrogen-bond acceptors (Lipinski definition) is 5. The molecule has 0 saturated carbocycles. The molecule has 3 aromatic rings. The van der Waals surface area contributed by atoms with E-state index in [-0.39, 0.29) is 24.2 Å². The average molecular weight is 421 g/mol. The van der Waals surface area contributed by atoms with E-state index < -0.39 is 6.29 Å². The number of nitrogens with one attached hydrogen (secondary N) is 1. The fourth-order valence-corrected chi connectivity index (χ4v) is 3.71. The molecule has 31 heavy (non-hydrogen) atoms. The van der Waals surface area contributed by atoms with E-state index in [1.165, 1.54) is 0 Å². The summed E-state index contributed by atoms with van der Waals surface area (Å²) in [5.41, 5.74) is 2.84. The monoisotopic (exact) mass is 421 g/mol. The van der Waals surface area contributed by atoms with Crippen molar-refractivity contribution in [2.24, 2.45) is 0 Å². The first-order valence-corrected chi connectivity index (χ1v) is 10.6. The SMILES string of the molecule is O=C(NCc1ccccc1)C1=C[C@@H](c2coc3ccccc23)C[C@@H](OCCCCO)O1. The number of aliphatic hydroxyl groups excluding tert-OH is 1. The molecule has 2 N–H and O–H groups in total. The molecule has 0 unspecified atom stereocenters. The molecule has 0 radical (unpaired) electrons. The van der Waals surface area contributed by atoms with Crippen molar-refractivity contribution in [2.75, 3.05) is 13.2 Å². The van der Waals surface area contributed by atoms with Crippen LogP contribution in [0.4, 0.5) is 0 Å². The number of aliphatic hydroxyl groups is 1. The summed E-state index contributed by atoms with van der Waals surface area (Å²) in [5, 5.41) is 12.9. The summed E-state index contributed by atoms with van der Waals surface area (Å²) in [7, 11) is 0. The van der Waals surface area contributed by atoms with Crippen LogP contribution in [0.1, 0.15) is 36.3 Å². The van der Waals surface area contributed by atoms with Gasteiger partial charge in [-0.2, -0.15) is 0 Å². The van der Waals surface area contributed by atoms with Gasteiger partial charge in [-0.1, -0.05) is 48.5 Å². The van der Waals surface area contributed by atoms with Crippen LogP contribution in [0.2, 0.25) is 0 Å². The number of ether oxygens (including phenoxy) is 2. The number of fused-ring (bicyclic) bond motifs is 1. The number of para-hydroxylation sites is 1. The lowest BCUT2D eigenvalue weighted by molar-refractivity contribution is -0.146. The zero-order valence-corrected chi connectivity index (χ0v) is 17.3. The fourth-order valence-electron chi connectivity index (χ4n) is 3.71. The highest BCUT2D eigenvalue weighted by Crippen LogP contribution is 2.36. The predicted octanol–water partition coefficient (Wildman–Crippen LogP) is 4.25. The standard InChI is InChI=1S/C25H27NO5/c27-12-6-7-13-29-24-15-19(21-17-30-22-11-5-4-10-20(21)22)14-23(31-24)25(28)26-16-18-8-2-1-3-9-18/h1-5,8-11,14,17,19,24,27H,6-7,12-13,15-16H2,(H,26,28)/t19-,24+/m1/s1. The van der Waals surface area contributed by atoms with Gasteiger partial charge in [-0.3, -0.25) is 4.79 Å². The Kier molecular flexibility index (Phi) is 7.02. The van der Waals surface area contributed by atoms with Gasteiger partial charge in [-0.05, 0) is 30.5 Å².